The Bertz CT molecular complexity index is 632. The van der Waals surface area contributed by atoms with Gasteiger partial charge in [-0.15, -0.1) is 24.0 Å². The normalized spacial score (nSPS) is 17.2. The summed E-state index contributed by atoms with van der Waals surface area (Å²) in [7, 11) is 4.11. The molecule has 0 aromatic heterocycles. The molecular formula is C19H30F3IN4O. The van der Waals surface area contributed by atoms with Crippen LogP contribution < -0.4 is 10.6 Å². The molecule has 160 valence electrons. The molecule has 0 aliphatic carbocycles. The van der Waals surface area contributed by atoms with Crippen LogP contribution in [0.15, 0.2) is 29.3 Å². The van der Waals surface area contributed by atoms with Crippen molar-refractivity contribution in [1.82, 2.24) is 15.5 Å². The number of hydrogen-bond donors (Lipinski definition) is 2. The van der Waals surface area contributed by atoms with Crippen molar-refractivity contribution in [3.63, 3.8) is 0 Å². The maximum atomic E-state index is 12.9. The lowest BCUT2D eigenvalue weighted by molar-refractivity contribution is -0.137. The van der Waals surface area contributed by atoms with E-state index in [1.165, 1.54) is 6.07 Å². The molecule has 0 saturated carbocycles. The van der Waals surface area contributed by atoms with Gasteiger partial charge in [-0.25, -0.2) is 4.99 Å². The van der Waals surface area contributed by atoms with E-state index in [4.69, 9.17) is 4.74 Å². The van der Waals surface area contributed by atoms with E-state index in [0.717, 1.165) is 38.2 Å². The average Bonchev–Trinajstić information content (AvgIpc) is 2.64. The fourth-order valence-corrected chi connectivity index (χ4v) is 3.14. The molecule has 9 heteroatoms. The largest absolute Gasteiger partial charge is 0.416 e. The molecule has 0 amide bonds. The zero-order valence-corrected chi connectivity index (χ0v) is 18.9. The second kappa shape index (κ2) is 11.2. The predicted molar refractivity (Wildman–Crippen MR) is 116 cm³/mol. The molecular weight excluding hydrogens is 484 g/mol. The number of nitrogens with one attached hydrogen (secondary N) is 2. The summed E-state index contributed by atoms with van der Waals surface area (Å²) < 4.78 is 44.1. The molecule has 1 fully saturated rings. The Labute approximate surface area is 182 Å². The third kappa shape index (κ3) is 7.07. The van der Waals surface area contributed by atoms with Gasteiger partial charge in [0, 0.05) is 31.8 Å². The Morgan fingerprint density at radius 1 is 1.21 bits per heavy atom. The minimum absolute atomic E-state index is 0. The van der Waals surface area contributed by atoms with Gasteiger partial charge in [-0.1, -0.05) is 12.1 Å². The molecule has 2 N–H and O–H groups in total. The van der Waals surface area contributed by atoms with E-state index in [-0.39, 0.29) is 36.1 Å². The monoisotopic (exact) mass is 514 g/mol. The van der Waals surface area contributed by atoms with Crippen LogP contribution in [0.4, 0.5) is 13.2 Å². The molecule has 1 aliphatic heterocycles. The van der Waals surface area contributed by atoms with Crippen LogP contribution in [0.1, 0.15) is 30.9 Å². The Kier molecular flexibility index (Phi) is 9.99. The van der Waals surface area contributed by atoms with Crippen molar-refractivity contribution in [2.45, 2.75) is 38.0 Å². The summed E-state index contributed by atoms with van der Waals surface area (Å²) in [5, 5.41) is 6.51. The van der Waals surface area contributed by atoms with E-state index >= 15 is 0 Å². The minimum atomic E-state index is -4.34. The summed E-state index contributed by atoms with van der Waals surface area (Å²) in [5.41, 5.74) is -0.151. The van der Waals surface area contributed by atoms with Gasteiger partial charge in [0.2, 0.25) is 0 Å². The van der Waals surface area contributed by atoms with Gasteiger partial charge < -0.3 is 20.3 Å². The average molecular weight is 514 g/mol. The Morgan fingerprint density at radius 3 is 2.46 bits per heavy atom. The molecule has 0 radical (unpaired) electrons. The highest BCUT2D eigenvalue weighted by Crippen LogP contribution is 2.29. The van der Waals surface area contributed by atoms with Crippen molar-refractivity contribution in [3.8, 4) is 0 Å². The van der Waals surface area contributed by atoms with Crippen LogP contribution in [0.5, 0.6) is 0 Å². The maximum absolute atomic E-state index is 12.9. The number of hydrogen-bond acceptors (Lipinski definition) is 3. The van der Waals surface area contributed by atoms with Crippen LogP contribution >= 0.6 is 24.0 Å². The molecule has 28 heavy (non-hydrogen) atoms. The number of aliphatic imine (C=N–C) groups is 1. The summed E-state index contributed by atoms with van der Waals surface area (Å²) in [6.45, 7) is 4.94. The van der Waals surface area contributed by atoms with E-state index in [2.05, 4.69) is 34.6 Å². The fourth-order valence-electron chi connectivity index (χ4n) is 3.14. The molecule has 0 atom stereocenters. The molecule has 1 aromatic carbocycles. The zero-order chi connectivity index (χ0) is 19.9. The quantitative estimate of drug-likeness (QED) is 0.347. The number of rotatable bonds is 6. The second-order valence-electron chi connectivity index (χ2n) is 6.98. The van der Waals surface area contributed by atoms with Crippen LogP contribution in [0.25, 0.3) is 0 Å². The van der Waals surface area contributed by atoms with Crippen LogP contribution in [0.3, 0.4) is 0 Å². The molecule has 5 nitrogen and oxygen atoms in total. The number of guanidine groups is 1. The molecule has 1 aliphatic rings. The Hall–Kier alpha value is -1.07. The van der Waals surface area contributed by atoms with Crippen molar-refractivity contribution < 1.29 is 17.9 Å². The fraction of sp³-hybridized carbons (Fsp3) is 0.632. The first-order chi connectivity index (χ1) is 12.8. The maximum Gasteiger partial charge on any atom is 0.416 e. The predicted octanol–water partition coefficient (Wildman–Crippen LogP) is 3.49. The van der Waals surface area contributed by atoms with Crippen LogP contribution in [0, 0.1) is 0 Å². The summed E-state index contributed by atoms with van der Waals surface area (Å²) >= 11 is 0. The first-order valence-corrected chi connectivity index (χ1v) is 9.20. The Morgan fingerprint density at radius 2 is 1.89 bits per heavy atom. The third-order valence-corrected chi connectivity index (χ3v) is 4.98. The van der Waals surface area contributed by atoms with Crippen LogP contribution in [-0.2, 0) is 17.5 Å². The summed E-state index contributed by atoms with van der Waals surface area (Å²) in [5.74, 6) is 0.600. The van der Waals surface area contributed by atoms with E-state index in [1.54, 1.807) is 6.07 Å². The van der Waals surface area contributed by atoms with Crippen molar-refractivity contribution in [2.75, 3.05) is 40.4 Å². The molecule has 0 unspecified atom stereocenters. The number of benzene rings is 1. The van der Waals surface area contributed by atoms with E-state index in [1.807, 2.05) is 6.92 Å². The number of nitrogens with zero attached hydrogens (tertiary/aromatic N) is 2. The second-order valence-corrected chi connectivity index (χ2v) is 6.98. The molecule has 0 spiro atoms. The van der Waals surface area contributed by atoms with E-state index in [0.29, 0.717) is 24.6 Å². The summed E-state index contributed by atoms with van der Waals surface area (Å²) in [4.78, 5) is 6.67. The number of ether oxygens (including phenoxy) is 1. The van der Waals surface area contributed by atoms with Crippen molar-refractivity contribution in [2.24, 2.45) is 4.99 Å². The lowest BCUT2D eigenvalue weighted by Gasteiger charge is -2.43. The van der Waals surface area contributed by atoms with Crippen LogP contribution in [-0.4, -0.2) is 56.8 Å². The van der Waals surface area contributed by atoms with Gasteiger partial charge in [0.05, 0.1) is 12.1 Å². The Balaban J connectivity index is 0.00000392. The van der Waals surface area contributed by atoms with Gasteiger partial charge in [-0.3, -0.25) is 0 Å². The highest BCUT2D eigenvalue weighted by molar-refractivity contribution is 14.0. The molecule has 2 rings (SSSR count). The van der Waals surface area contributed by atoms with Crippen LogP contribution in [0.2, 0.25) is 0 Å². The number of likely N-dealkylation sites (N-methyl/N-ethyl adjacent to an activating group) is 1. The first-order valence-electron chi connectivity index (χ1n) is 9.20. The van der Waals surface area contributed by atoms with Gasteiger partial charge in [-0.05, 0) is 51.6 Å². The van der Waals surface area contributed by atoms with Gasteiger partial charge in [0.15, 0.2) is 5.96 Å². The van der Waals surface area contributed by atoms with E-state index in [9.17, 15) is 13.2 Å². The third-order valence-electron chi connectivity index (χ3n) is 4.98. The molecule has 1 aromatic rings. The van der Waals surface area contributed by atoms with Gasteiger partial charge in [0.25, 0.3) is 0 Å². The number of alkyl halides is 3. The lowest BCUT2D eigenvalue weighted by atomic mass is 9.88. The number of halogens is 4. The highest BCUT2D eigenvalue weighted by Gasteiger charge is 2.35. The van der Waals surface area contributed by atoms with E-state index < -0.39 is 11.7 Å². The van der Waals surface area contributed by atoms with Gasteiger partial charge in [0.1, 0.15) is 0 Å². The van der Waals surface area contributed by atoms with Gasteiger partial charge in [-0.2, -0.15) is 13.2 Å². The van der Waals surface area contributed by atoms with Crippen molar-refractivity contribution in [1.29, 1.82) is 0 Å². The summed E-state index contributed by atoms with van der Waals surface area (Å²) in [6.07, 6.45) is -2.51. The highest BCUT2D eigenvalue weighted by atomic mass is 127. The van der Waals surface area contributed by atoms with Gasteiger partial charge >= 0.3 is 6.18 Å². The summed E-state index contributed by atoms with van der Waals surface area (Å²) in [6, 6.07) is 5.29. The molecule has 0 bridgehead atoms. The minimum Gasteiger partial charge on any atom is -0.381 e. The lowest BCUT2D eigenvalue weighted by Crippen LogP contribution is -2.57. The molecule has 1 heterocycles. The molecule has 1 saturated heterocycles. The topological polar surface area (TPSA) is 48.9 Å². The SMILES string of the molecule is CCNC(=NCc1cccc(C(F)(F)F)c1)NCC1(N(C)C)CCOCC1.I. The smallest absolute Gasteiger partial charge is 0.381 e. The van der Waals surface area contributed by atoms with Crippen molar-refractivity contribution in [3.05, 3.63) is 35.4 Å². The standard InChI is InChI=1S/C19H29F3N4O.HI/c1-4-23-17(25-14-18(26(2)3)8-10-27-11-9-18)24-13-15-6-5-7-16(12-15)19(20,21)22;/h5-7,12H,4,8-11,13-14H2,1-3H3,(H2,23,24,25);1H. The van der Waals surface area contributed by atoms with Crippen molar-refractivity contribution >= 4 is 29.9 Å². The zero-order valence-electron chi connectivity index (χ0n) is 16.6. The first kappa shape index (κ1) is 25.0.